The maximum atomic E-state index is 13.0. The van der Waals surface area contributed by atoms with Gasteiger partial charge in [0.2, 0.25) is 5.91 Å². The molecular formula is C23H27N3O2. The van der Waals surface area contributed by atoms with Crippen LogP contribution >= 0.6 is 0 Å². The Kier molecular flexibility index (Phi) is 5.70. The lowest BCUT2D eigenvalue weighted by Gasteiger charge is -2.35. The van der Waals surface area contributed by atoms with Crippen LogP contribution in [0.4, 0.5) is 0 Å². The van der Waals surface area contributed by atoms with Gasteiger partial charge in [-0.25, -0.2) is 0 Å². The van der Waals surface area contributed by atoms with Crippen LogP contribution in [-0.4, -0.2) is 52.8 Å². The van der Waals surface area contributed by atoms with Gasteiger partial charge in [0.15, 0.2) is 0 Å². The first-order valence-corrected chi connectivity index (χ1v) is 10.3. The van der Waals surface area contributed by atoms with Gasteiger partial charge in [-0.05, 0) is 44.2 Å². The predicted octanol–water partition coefficient (Wildman–Crippen LogP) is 3.61. The fraction of sp³-hybridized carbons (Fsp3) is 0.435. The average Bonchev–Trinajstić information content (AvgIpc) is 2.79. The molecule has 1 aromatic heterocycles. The Bertz CT molecular complexity index is 823. The van der Waals surface area contributed by atoms with Crippen molar-refractivity contribution in [3.8, 4) is 11.3 Å². The largest absolute Gasteiger partial charge is 0.342 e. The van der Waals surface area contributed by atoms with Gasteiger partial charge in [0.25, 0.3) is 5.91 Å². The first-order chi connectivity index (χ1) is 13.7. The maximum absolute atomic E-state index is 13.0. The molecule has 2 fully saturated rings. The van der Waals surface area contributed by atoms with Gasteiger partial charge < -0.3 is 9.80 Å². The van der Waals surface area contributed by atoms with E-state index in [1.807, 2.05) is 46.2 Å². The van der Waals surface area contributed by atoms with Crippen LogP contribution in [0.2, 0.25) is 0 Å². The summed E-state index contributed by atoms with van der Waals surface area (Å²) in [5.41, 5.74) is 2.47. The highest BCUT2D eigenvalue weighted by Crippen LogP contribution is 2.24. The van der Waals surface area contributed by atoms with Gasteiger partial charge in [0.1, 0.15) is 0 Å². The number of pyridine rings is 1. The van der Waals surface area contributed by atoms with Crippen LogP contribution in [-0.2, 0) is 4.79 Å². The fourth-order valence-electron chi connectivity index (χ4n) is 4.21. The predicted molar refractivity (Wildman–Crippen MR) is 109 cm³/mol. The molecule has 1 aromatic carbocycles. The third-order valence-electron chi connectivity index (χ3n) is 5.88. The van der Waals surface area contributed by atoms with E-state index in [-0.39, 0.29) is 11.8 Å². The number of piperidine rings is 2. The van der Waals surface area contributed by atoms with Gasteiger partial charge in [0.05, 0.1) is 5.69 Å². The summed E-state index contributed by atoms with van der Waals surface area (Å²) in [5.74, 6) is 0.394. The van der Waals surface area contributed by atoms with Crippen molar-refractivity contribution in [1.29, 1.82) is 0 Å². The Morgan fingerprint density at radius 3 is 2.29 bits per heavy atom. The molecule has 2 aliphatic heterocycles. The molecule has 2 saturated heterocycles. The van der Waals surface area contributed by atoms with Crippen molar-refractivity contribution in [3.63, 3.8) is 0 Å². The number of hydrogen-bond acceptors (Lipinski definition) is 3. The maximum Gasteiger partial charge on any atom is 0.253 e. The number of nitrogens with zero attached hydrogens (tertiary/aromatic N) is 3. The molecule has 2 aliphatic rings. The van der Waals surface area contributed by atoms with E-state index in [9.17, 15) is 9.59 Å². The Balaban J connectivity index is 1.38. The van der Waals surface area contributed by atoms with Crippen LogP contribution in [0.5, 0.6) is 0 Å². The molecular weight excluding hydrogens is 350 g/mol. The van der Waals surface area contributed by atoms with Gasteiger partial charge in [-0.1, -0.05) is 30.3 Å². The van der Waals surface area contributed by atoms with Crippen LogP contribution < -0.4 is 0 Å². The molecule has 28 heavy (non-hydrogen) atoms. The van der Waals surface area contributed by atoms with Crippen LogP contribution in [0.25, 0.3) is 11.3 Å². The summed E-state index contributed by atoms with van der Waals surface area (Å²) in [6.45, 7) is 3.09. The zero-order valence-electron chi connectivity index (χ0n) is 16.2. The highest BCUT2D eigenvalue weighted by molar-refractivity contribution is 5.95. The summed E-state index contributed by atoms with van der Waals surface area (Å²) in [4.78, 5) is 34.0. The molecule has 0 radical (unpaired) electrons. The molecule has 0 atom stereocenters. The SMILES string of the molecule is O=C(c1ccnc(-c2ccccc2)c1)N1CCC(C(=O)N2CCCCC2)CC1. The molecule has 0 aliphatic carbocycles. The van der Waals surface area contributed by atoms with Crippen molar-refractivity contribution >= 4 is 11.8 Å². The van der Waals surface area contributed by atoms with E-state index in [0.717, 1.165) is 50.0 Å². The molecule has 2 amide bonds. The van der Waals surface area contributed by atoms with Gasteiger partial charge in [-0.3, -0.25) is 14.6 Å². The highest BCUT2D eigenvalue weighted by atomic mass is 16.2. The lowest BCUT2D eigenvalue weighted by atomic mass is 9.94. The number of benzene rings is 1. The van der Waals surface area contributed by atoms with Crippen LogP contribution in [0, 0.1) is 5.92 Å². The lowest BCUT2D eigenvalue weighted by Crippen LogP contribution is -2.45. The summed E-state index contributed by atoms with van der Waals surface area (Å²) < 4.78 is 0. The number of aromatic nitrogens is 1. The van der Waals surface area contributed by atoms with Crippen molar-refractivity contribution in [1.82, 2.24) is 14.8 Å². The minimum atomic E-state index is 0.0310. The topological polar surface area (TPSA) is 53.5 Å². The van der Waals surface area contributed by atoms with E-state index in [1.54, 1.807) is 12.3 Å². The van der Waals surface area contributed by atoms with E-state index in [1.165, 1.54) is 6.42 Å². The second-order valence-electron chi connectivity index (χ2n) is 7.75. The van der Waals surface area contributed by atoms with E-state index < -0.39 is 0 Å². The van der Waals surface area contributed by atoms with Gasteiger partial charge in [-0.2, -0.15) is 0 Å². The molecule has 0 N–H and O–H groups in total. The summed E-state index contributed by atoms with van der Waals surface area (Å²) in [5, 5.41) is 0. The smallest absolute Gasteiger partial charge is 0.253 e. The molecule has 0 unspecified atom stereocenters. The minimum absolute atomic E-state index is 0.0310. The molecule has 4 rings (SSSR count). The average molecular weight is 377 g/mol. The molecule has 146 valence electrons. The molecule has 0 saturated carbocycles. The molecule has 5 nitrogen and oxygen atoms in total. The first-order valence-electron chi connectivity index (χ1n) is 10.3. The summed E-state index contributed by atoms with van der Waals surface area (Å²) in [7, 11) is 0. The standard InChI is InChI=1S/C23H27N3O2/c27-22(25-13-5-2-6-14-25)19-10-15-26(16-11-19)23(28)20-9-12-24-21(17-20)18-7-3-1-4-8-18/h1,3-4,7-9,12,17,19H,2,5-6,10-11,13-16H2. The van der Waals surface area contributed by atoms with E-state index in [2.05, 4.69) is 4.98 Å². The third-order valence-corrected chi connectivity index (χ3v) is 5.88. The number of rotatable bonds is 3. The van der Waals surface area contributed by atoms with Crippen molar-refractivity contribution in [2.45, 2.75) is 32.1 Å². The summed E-state index contributed by atoms with van der Waals surface area (Å²) in [6.07, 6.45) is 6.69. The fourth-order valence-corrected chi connectivity index (χ4v) is 4.21. The number of hydrogen-bond donors (Lipinski definition) is 0. The second-order valence-corrected chi connectivity index (χ2v) is 7.75. The molecule has 2 aromatic rings. The van der Waals surface area contributed by atoms with E-state index in [4.69, 9.17) is 0 Å². The minimum Gasteiger partial charge on any atom is -0.342 e. The second kappa shape index (κ2) is 8.55. The Morgan fingerprint density at radius 2 is 1.57 bits per heavy atom. The van der Waals surface area contributed by atoms with Gasteiger partial charge >= 0.3 is 0 Å². The number of likely N-dealkylation sites (tertiary alicyclic amines) is 2. The van der Waals surface area contributed by atoms with Crippen LogP contribution in [0.3, 0.4) is 0 Å². The first kappa shape index (κ1) is 18.7. The third kappa shape index (κ3) is 4.08. The zero-order valence-corrected chi connectivity index (χ0v) is 16.2. The molecule has 3 heterocycles. The normalized spacial score (nSPS) is 18.1. The monoisotopic (exact) mass is 377 g/mol. The van der Waals surface area contributed by atoms with E-state index in [0.29, 0.717) is 24.6 Å². The molecule has 0 spiro atoms. The van der Waals surface area contributed by atoms with Crippen molar-refractivity contribution in [2.24, 2.45) is 5.92 Å². The Hall–Kier alpha value is -2.69. The quantitative estimate of drug-likeness (QED) is 0.821. The molecule has 0 bridgehead atoms. The highest BCUT2D eigenvalue weighted by Gasteiger charge is 2.31. The van der Waals surface area contributed by atoms with Crippen LogP contribution in [0.1, 0.15) is 42.5 Å². The number of carbonyl (C=O) groups is 2. The Morgan fingerprint density at radius 1 is 0.857 bits per heavy atom. The zero-order chi connectivity index (χ0) is 19.3. The van der Waals surface area contributed by atoms with Gasteiger partial charge in [-0.15, -0.1) is 0 Å². The van der Waals surface area contributed by atoms with Crippen molar-refractivity contribution < 1.29 is 9.59 Å². The van der Waals surface area contributed by atoms with E-state index >= 15 is 0 Å². The summed E-state index contributed by atoms with van der Waals surface area (Å²) in [6, 6.07) is 13.5. The van der Waals surface area contributed by atoms with Gasteiger partial charge in [0, 0.05) is 49.4 Å². The number of carbonyl (C=O) groups excluding carboxylic acids is 2. The van der Waals surface area contributed by atoms with Crippen molar-refractivity contribution in [3.05, 3.63) is 54.2 Å². The molecule has 5 heteroatoms. The van der Waals surface area contributed by atoms with Crippen molar-refractivity contribution in [2.75, 3.05) is 26.2 Å². The van der Waals surface area contributed by atoms with Crippen LogP contribution in [0.15, 0.2) is 48.7 Å². The summed E-state index contributed by atoms with van der Waals surface area (Å²) >= 11 is 0. The Labute approximate surface area is 166 Å². The lowest BCUT2D eigenvalue weighted by molar-refractivity contribution is -0.137. The number of amides is 2.